The molecule has 1 atom stereocenters. The maximum atomic E-state index is 14.6. The van der Waals surface area contributed by atoms with Gasteiger partial charge in [0.1, 0.15) is 11.6 Å². The molecule has 0 saturated heterocycles. The Kier molecular flexibility index (Phi) is 7.14. The predicted octanol–water partition coefficient (Wildman–Crippen LogP) is 4.65. The highest BCUT2D eigenvalue weighted by molar-refractivity contribution is 7.89. The van der Waals surface area contributed by atoms with E-state index in [1.165, 1.54) is 36.5 Å². The number of carbonyl (C=O) groups is 1. The van der Waals surface area contributed by atoms with E-state index < -0.39 is 33.6 Å². The first-order chi connectivity index (χ1) is 14.8. The molecule has 0 radical (unpaired) electrons. The number of anilines is 1. The van der Waals surface area contributed by atoms with Crippen LogP contribution in [0.1, 0.15) is 33.9 Å². The molecule has 3 aromatic rings. The highest BCUT2D eigenvalue weighted by Gasteiger charge is 2.33. The van der Waals surface area contributed by atoms with Gasteiger partial charge in [-0.15, -0.1) is 12.4 Å². The molecule has 11 heteroatoms. The third-order valence-corrected chi connectivity index (χ3v) is 6.64. The minimum absolute atomic E-state index is 0. The van der Waals surface area contributed by atoms with Crippen LogP contribution in [0.2, 0.25) is 5.02 Å². The number of aromatic nitrogens is 1. The summed E-state index contributed by atoms with van der Waals surface area (Å²) >= 11 is 5.74. The van der Waals surface area contributed by atoms with Gasteiger partial charge in [-0.25, -0.2) is 26.9 Å². The lowest BCUT2D eigenvalue weighted by atomic mass is 10.0. The van der Waals surface area contributed by atoms with E-state index >= 15 is 0 Å². The summed E-state index contributed by atoms with van der Waals surface area (Å²) in [4.78, 5) is 16.6. The first-order valence-corrected chi connectivity index (χ1v) is 11.1. The smallest absolute Gasteiger partial charge is 0.258 e. The van der Waals surface area contributed by atoms with Crippen LogP contribution < -0.4 is 10.0 Å². The van der Waals surface area contributed by atoms with E-state index in [1.807, 2.05) is 0 Å². The summed E-state index contributed by atoms with van der Waals surface area (Å²) in [6.45, 7) is 0. The van der Waals surface area contributed by atoms with Crippen molar-refractivity contribution in [2.75, 3.05) is 5.32 Å². The molecule has 0 aliphatic heterocycles. The third kappa shape index (κ3) is 4.75. The molecule has 1 amide bonds. The van der Waals surface area contributed by atoms with Crippen LogP contribution in [0.25, 0.3) is 0 Å². The largest absolute Gasteiger partial charge is 0.322 e. The van der Waals surface area contributed by atoms with Gasteiger partial charge in [-0.1, -0.05) is 17.7 Å². The molecule has 0 saturated carbocycles. The number of rotatable bonds is 5. The van der Waals surface area contributed by atoms with Crippen LogP contribution in [0, 0.1) is 11.6 Å². The lowest BCUT2D eigenvalue weighted by Crippen LogP contribution is -2.28. The Hall–Kier alpha value is -2.59. The quantitative estimate of drug-likeness (QED) is 0.534. The van der Waals surface area contributed by atoms with Crippen molar-refractivity contribution < 1.29 is 22.0 Å². The van der Waals surface area contributed by atoms with Gasteiger partial charge in [0.15, 0.2) is 5.03 Å². The summed E-state index contributed by atoms with van der Waals surface area (Å²) < 4.78 is 55.7. The Labute approximate surface area is 194 Å². The number of benzene rings is 2. The van der Waals surface area contributed by atoms with Gasteiger partial charge < -0.3 is 5.32 Å². The minimum atomic E-state index is -3.97. The molecule has 0 fully saturated rings. The zero-order valence-electron chi connectivity index (χ0n) is 16.3. The average molecular weight is 500 g/mol. The molecule has 32 heavy (non-hydrogen) atoms. The fourth-order valence-electron chi connectivity index (χ4n) is 3.57. The highest BCUT2D eigenvalue weighted by Crippen LogP contribution is 2.36. The van der Waals surface area contributed by atoms with Crippen LogP contribution in [0.15, 0.2) is 59.8 Å². The first kappa shape index (κ1) is 24.1. The maximum Gasteiger partial charge on any atom is 0.258 e. The molecule has 0 bridgehead atoms. The van der Waals surface area contributed by atoms with Gasteiger partial charge >= 0.3 is 0 Å². The number of halogens is 4. The molecule has 168 valence electrons. The zero-order chi connectivity index (χ0) is 22.2. The summed E-state index contributed by atoms with van der Waals surface area (Å²) in [5, 5.41) is 2.28. The minimum Gasteiger partial charge on any atom is -0.322 e. The summed E-state index contributed by atoms with van der Waals surface area (Å²) in [6, 6.07) is 9.83. The molecule has 6 nitrogen and oxygen atoms in total. The van der Waals surface area contributed by atoms with E-state index in [1.54, 1.807) is 6.07 Å². The molecule has 1 aromatic heterocycles. The number of sulfonamides is 1. The molecule has 2 N–H and O–H groups in total. The van der Waals surface area contributed by atoms with Crippen LogP contribution in [0.3, 0.4) is 0 Å². The van der Waals surface area contributed by atoms with Gasteiger partial charge in [0.2, 0.25) is 0 Å². The molecule has 1 unspecified atom stereocenters. The molecule has 0 spiro atoms. The highest BCUT2D eigenvalue weighted by atomic mass is 35.5. The van der Waals surface area contributed by atoms with Crippen LogP contribution in [0.5, 0.6) is 0 Å². The maximum absolute atomic E-state index is 14.6. The molecule has 2 aromatic carbocycles. The number of amides is 1. The Morgan fingerprint density at radius 1 is 1.09 bits per heavy atom. The summed E-state index contributed by atoms with van der Waals surface area (Å²) in [5.41, 5.74) is 1.03. The van der Waals surface area contributed by atoms with Crippen LogP contribution >= 0.6 is 24.0 Å². The fourth-order valence-corrected chi connectivity index (χ4v) is 4.94. The Balaban J connectivity index is 0.00000289. The third-order valence-electron chi connectivity index (χ3n) is 4.97. The molecule has 4 rings (SSSR count). The van der Waals surface area contributed by atoms with Crippen molar-refractivity contribution in [2.24, 2.45) is 0 Å². The second kappa shape index (κ2) is 9.50. The average Bonchev–Trinajstić information content (AvgIpc) is 3.15. The molecular weight excluding hydrogens is 483 g/mol. The van der Waals surface area contributed by atoms with E-state index in [0.717, 1.165) is 12.1 Å². The number of hydrogen-bond acceptors (Lipinski definition) is 4. The van der Waals surface area contributed by atoms with Gasteiger partial charge in [-0.05, 0) is 60.9 Å². The monoisotopic (exact) mass is 499 g/mol. The molecule has 1 aliphatic carbocycles. The van der Waals surface area contributed by atoms with E-state index in [9.17, 15) is 22.0 Å². The van der Waals surface area contributed by atoms with Crippen molar-refractivity contribution in [3.63, 3.8) is 0 Å². The zero-order valence-corrected chi connectivity index (χ0v) is 18.7. The number of fused-ring (bicyclic) bond motifs is 1. The van der Waals surface area contributed by atoms with Crippen molar-refractivity contribution >= 4 is 45.6 Å². The lowest BCUT2D eigenvalue weighted by Gasteiger charge is -2.16. The Morgan fingerprint density at radius 3 is 2.53 bits per heavy atom. The number of nitrogens with one attached hydrogen (secondary N) is 2. The van der Waals surface area contributed by atoms with Crippen molar-refractivity contribution in [2.45, 2.75) is 23.9 Å². The molecule has 1 heterocycles. The van der Waals surface area contributed by atoms with Crippen molar-refractivity contribution in [1.29, 1.82) is 0 Å². The second-order valence-corrected chi connectivity index (χ2v) is 9.02. The molecular formula is C21H17Cl2F2N3O3S. The SMILES string of the molecule is Cl.O=C(Nc1ccc(F)c(Cl)c1)c1ccc(F)c2c1CCC2NS(=O)(=O)c1ccccn1. The van der Waals surface area contributed by atoms with Gasteiger partial charge in [-0.3, -0.25) is 4.79 Å². The van der Waals surface area contributed by atoms with Gasteiger partial charge in [0, 0.05) is 23.0 Å². The summed E-state index contributed by atoms with van der Waals surface area (Å²) in [7, 11) is -3.97. The topological polar surface area (TPSA) is 88.2 Å². The summed E-state index contributed by atoms with van der Waals surface area (Å²) in [6.07, 6.45) is 1.93. The normalized spacial score (nSPS) is 15.0. The number of pyridine rings is 1. The van der Waals surface area contributed by atoms with Crippen LogP contribution in [0.4, 0.5) is 14.5 Å². The van der Waals surface area contributed by atoms with Gasteiger partial charge in [-0.2, -0.15) is 0 Å². The predicted molar refractivity (Wildman–Crippen MR) is 119 cm³/mol. The van der Waals surface area contributed by atoms with Gasteiger partial charge in [0.25, 0.3) is 15.9 Å². The second-order valence-electron chi connectivity index (χ2n) is 6.95. The van der Waals surface area contributed by atoms with Crippen molar-refractivity contribution in [3.05, 3.63) is 88.1 Å². The van der Waals surface area contributed by atoms with Crippen LogP contribution in [-0.2, 0) is 16.4 Å². The van der Waals surface area contributed by atoms with E-state index in [4.69, 9.17) is 11.6 Å². The molecule has 1 aliphatic rings. The number of nitrogens with zero attached hydrogens (tertiary/aromatic N) is 1. The van der Waals surface area contributed by atoms with Crippen molar-refractivity contribution in [3.8, 4) is 0 Å². The van der Waals surface area contributed by atoms with E-state index in [-0.39, 0.29) is 45.7 Å². The fraction of sp³-hybridized carbons (Fsp3) is 0.143. The Morgan fingerprint density at radius 2 is 1.84 bits per heavy atom. The number of hydrogen-bond donors (Lipinski definition) is 2. The first-order valence-electron chi connectivity index (χ1n) is 9.27. The Bertz CT molecular complexity index is 1270. The lowest BCUT2D eigenvalue weighted by molar-refractivity contribution is 0.102. The van der Waals surface area contributed by atoms with Crippen LogP contribution in [-0.4, -0.2) is 19.3 Å². The van der Waals surface area contributed by atoms with Gasteiger partial charge in [0.05, 0.1) is 11.1 Å². The van der Waals surface area contributed by atoms with E-state index in [0.29, 0.717) is 12.0 Å². The van der Waals surface area contributed by atoms with E-state index in [2.05, 4.69) is 15.0 Å². The van der Waals surface area contributed by atoms with Crippen molar-refractivity contribution in [1.82, 2.24) is 9.71 Å². The number of carbonyl (C=O) groups excluding carboxylic acids is 1. The summed E-state index contributed by atoms with van der Waals surface area (Å²) in [5.74, 6) is -1.76. The standard InChI is InChI=1S/C21H16ClF2N3O3S.ClH/c22-15-11-12(4-7-16(15)23)26-21(28)14-5-8-17(24)20-13(14)6-9-18(20)27-31(29,30)19-3-1-2-10-25-19;/h1-5,7-8,10-11,18,27H,6,9H2,(H,26,28);1H.